The molecule has 1 aromatic carbocycles. The number of rotatable bonds is 4. The third kappa shape index (κ3) is 5.30. The molecule has 7 heteroatoms. The van der Waals surface area contributed by atoms with Gasteiger partial charge in [0.15, 0.2) is 0 Å². The molecule has 0 unspecified atom stereocenters. The largest absolute Gasteiger partial charge is 0.322 e. The van der Waals surface area contributed by atoms with E-state index in [9.17, 15) is 4.79 Å². The maximum atomic E-state index is 13.3. The summed E-state index contributed by atoms with van der Waals surface area (Å²) < 4.78 is 1.06. The monoisotopic (exact) mass is 534 g/mol. The van der Waals surface area contributed by atoms with E-state index < -0.39 is 0 Å². The van der Waals surface area contributed by atoms with Crippen molar-refractivity contribution in [2.24, 2.45) is 16.3 Å². The minimum atomic E-state index is -0.103. The predicted octanol–water partition coefficient (Wildman–Crippen LogP) is 8.38. The number of thiophene rings is 2. The van der Waals surface area contributed by atoms with Gasteiger partial charge >= 0.3 is 0 Å². The van der Waals surface area contributed by atoms with Gasteiger partial charge in [-0.25, -0.2) is 4.99 Å². The second-order valence-corrected chi connectivity index (χ2v) is 12.9. The number of anilines is 1. The van der Waals surface area contributed by atoms with E-state index in [2.05, 4.69) is 42.0 Å². The molecule has 31 heavy (non-hydrogen) atoms. The topological polar surface area (TPSA) is 41.5 Å². The highest BCUT2D eigenvalue weighted by atomic mass is 79.9. The molecule has 0 spiro atoms. The van der Waals surface area contributed by atoms with Crippen LogP contribution in [0.2, 0.25) is 5.02 Å². The number of fused-ring (bicyclic) bond motifs is 1. The lowest BCUT2D eigenvalue weighted by atomic mass is 9.72. The summed E-state index contributed by atoms with van der Waals surface area (Å²) in [5.74, 6) is 0.504. The Hall–Kier alpha value is -1.47. The fourth-order valence-electron chi connectivity index (χ4n) is 3.88. The van der Waals surface area contributed by atoms with E-state index in [0.717, 1.165) is 44.2 Å². The molecule has 0 bridgehead atoms. The quantitative estimate of drug-likeness (QED) is 0.335. The van der Waals surface area contributed by atoms with Gasteiger partial charge < -0.3 is 5.32 Å². The van der Waals surface area contributed by atoms with Crippen LogP contribution in [0.5, 0.6) is 0 Å². The molecule has 3 aromatic rings. The van der Waals surface area contributed by atoms with Crippen LogP contribution in [0.3, 0.4) is 0 Å². The third-order valence-corrected chi connectivity index (χ3v) is 8.68. The number of nitrogens with zero attached hydrogens (tertiary/aromatic N) is 1. The molecule has 0 saturated heterocycles. The Bertz CT molecular complexity index is 1130. The standard InChI is InChI=1S/C24H24BrClN2OS2/c1-24(2,3)14-4-10-18-19(12-14)31-23(27-13-17-9-11-20(25)30-17)21(18)22(29)28-16-7-5-15(26)6-8-16/h5-9,11,13-14H,4,10,12H2,1-3H3,(H,28,29)/t14-/m1/s1. The highest BCUT2D eigenvalue weighted by molar-refractivity contribution is 9.11. The summed E-state index contributed by atoms with van der Waals surface area (Å²) in [7, 11) is 0. The number of halogens is 2. The number of hydrogen-bond donors (Lipinski definition) is 1. The van der Waals surface area contributed by atoms with Crippen molar-refractivity contribution in [3.8, 4) is 0 Å². The van der Waals surface area contributed by atoms with E-state index >= 15 is 0 Å². The maximum Gasteiger partial charge on any atom is 0.259 e. The summed E-state index contributed by atoms with van der Waals surface area (Å²) in [6.07, 6.45) is 4.87. The number of aliphatic imine (C=N–C) groups is 1. The second kappa shape index (κ2) is 9.18. The lowest BCUT2D eigenvalue weighted by Crippen LogP contribution is -2.27. The van der Waals surface area contributed by atoms with Crippen molar-refractivity contribution in [3.63, 3.8) is 0 Å². The molecule has 4 rings (SSSR count). The molecule has 0 radical (unpaired) electrons. The fourth-order valence-corrected chi connectivity index (χ4v) is 6.57. The summed E-state index contributed by atoms with van der Waals surface area (Å²) in [6.45, 7) is 6.91. The Morgan fingerprint density at radius 1 is 1.19 bits per heavy atom. The van der Waals surface area contributed by atoms with Crippen molar-refractivity contribution in [3.05, 3.63) is 66.1 Å². The summed E-state index contributed by atoms with van der Waals surface area (Å²) in [4.78, 5) is 20.4. The van der Waals surface area contributed by atoms with Crippen LogP contribution in [0.15, 0.2) is 45.2 Å². The molecule has 162 valence electrons. The second-order valence-electron chi connectivity index (χ2n) is 8.85. The van der Waals surface area contributed by atoms with E-state index in [0.29, 0.717) is 16.5 Å². The first-order valence-electron chi connectivity index (χ1n) is 10.2. The van der Waals surface area contributed by atoms with Gasteiger partial charge in [0.25, 0.3) is 5.91 Å². The number of nitrogens with one attached hydrogen (secondary N) is 1. The van der Waals surface area contributed by atoms with E-state index in [1.54, 1.807) is 34.8 Å². The molecule has 1 N–H and O–H groups in total. The molecule has 1 aliphatic carbocycles. The first-order valence-corrected chi connectivity index (χ1v) is 13.0. The van der Waals surface area contributed by atoms with Gasteiger partial charge in [-0.05, 0) is 88.5 Å². The molecule has 0 aliphatic heterocycles. The molecule has 1 atom stereocenters. The maximum absolute atomic E-state index is 13.3. The Balaban J connectivity index is 1.69. The molecule has 0 fully saturated rings. The van der Waals surface area contributed by atoms with Gasteiger partial charge in [-0.3, -0.25) is 4.79 Å². The third-order valence-electron chi connectivity index (χ3n) is 5.70. The normalized spacial score (nSPS) is 16.5. The molecule has 2 aromatic heterocycles. The number of hydrogen-bond acceptors (Lipinski definition) is 4. The SMILES string of the molecule is CC(C)(C)[C@@H]1CCc2c(sc(N=Cc3ccc(Br)s3)c2C(=O)Nc2ccc(Cl)cc2)C1. The highest BCUT2D eigenvalue weighted by Crippen LogP contribution is 2.45. The van der Waals surface area contributed by atoms with Crippen LogP contribution in [0.4, 0.5) is 10.7 Å². The summed E-state index contributed by atoms with van der Waals surface area (Å²) in [5.41, 5.74) is 2.86. The van der Waals surface area contributed by atoms with Gasteiger partial charge in [-0.2, -0.15) is 0 Å². The summed E-state index contributed by atoms with van der Waals surface area (Å²) >= 11 is 12.8. The van der Waals surface area contributed by atoms with Crippen LogP contribution < -0.4 is 5.32 Å². The van der Waals surface area contributed by atoms with Crippen LogP contribution in [-0.2, 0) is 12.8 Å². The molecule has 3 nitrogen and oxygen atoms in total. The van der Waals surface area contributed by atoms with E-state index in [-0.39, 0.29) is 11.3 Å². The lowest BCUT2D eigenvalue weighted by molar-refractivity contribution is 0.102. The number of benzene rings is 1. The highest BCUT2D eigenvalue weighted by Gasteiger charge is 2.33. The summed E-state index contributed by atoms with van der Waals surface area (Å²) in [5, 5.41) is 4.47. The first kappa shape index (κ1) is 22.7. The van der Waals surface area contributed by atoms with Gasteiger partial charge in [0, 0.05) is 26.7 Å². The van der Waals surface area contributed by atoms with Gasteiger partial charge in [0.1, 0.15) is 5.00 Å². The average molecular weight is 536 g/mol. The van der Waals surface area contributed by atoms with Crippen molar-refractivity contribution in [2.75, 3.05) is 5.32 Å². The summed E-state index contributed by atoms with van der Waals surface area (Å²) in [6, 6.07) is 11.2. The van der Waals surface area contributed by atoms with E-state index in [1.807, 2.05) is 30.5 Å². The van der Waals surface area contributed by atoms with Crippen molar-refractivity contribution < 1.29 is 4.79 Å². The van der Waals surface area contributed by atoms with E-state index in [4.69, 9.17) is 16.6 Å². The van der Waals surface area contributed by atoms with Crippen LogP contribution in [0, 0.1) is 11.3 Å². The zero-order valence-electron chi connectivity index (χ0n) is 17.7. The van der Waals surface area contributed by atoms with Crippen molar-refractivity contribution in [1.82, 2.24) is 0 Å². The van der Waals surface area contributed by atoms with Crippen LogP contribution in [-0.4, -0.2) is 12.1 Å². The van der Waals surface area contributed by atoms with Crippen LogP contribution in [0.1, 0.15) is 52.9 Å². The Kier molecular flexibility index (Phi) is 6.73. The minimum Gasteiger partial charge on any atom is -0.322 e. The van der Waals surface area contributed by atoms with E-state index in [1.165, 1.54) is 4.88 Å². The zero-order chi connectivity index (χ0) is 22.2. The fraction of sp³-hybridized carbons (Fsp3) is 0.333. The molecule has 0 saturated carbocycles. The van der Waals surface area contributed by atoms with Crippen molar-refractivity contribution in [2.45, 2.75) is 40.0 Å². The predicted molar refractivity (Wildman–Crippen MR) is 138 cm³/mol. The van der Waals surface area contributed by atoms with Crippen molar-refractivity contribution >= 4 is 73.0 Å². The molecule has 1 amide bonds. The van der Waals surface area contributed by atoms with Crippen molar-refractivity contribution in [1.29, 1.82) is 0 Å². The molecular weight excluding hydrogens is 512 g/mol. The van der Waals surface area contributed by atoms with Gasteiger partial charge in [0.05, 0.1) is 9.35 Å². The zero-order valence-corrected chi connectivity index (χ0v) is 21.6. The smallest absolute Gasteiger partial charge is 0.259 e. The van der Waals surface area contributed by atoms with Crippen LogP contribution in [0.25, 0.3) is 0 Å². The lowest BCUT2D eigenvalue weighted by Gasteiger charge is -2.33. The van der Waals surface area contributed by atoms with Gasteiger partial charge in [0.2, 0.25) is 0 Å². The average Bonchev–Trinajstić information content (AvgIpc) is 3.29. The number of carbonyl (C=O) groups excluding carboxylic acids is 1. The minimum absolute atomic E-state index is 0.103. The van der Waals surface area contributed by atoms with Crippen LogP contribution >= 0.6 is 50.2 Å². The molecule has 2 heterocycles. The Morgan fingerprint density at radius 3 is 2.58 bits per heavy atom. The van der Waals surface area contributed by atoms with Gasteiger partial charge in [-0.1, -0.05) is 32.4 Å². The number of carbonyl (C=O) groups is 1. The first-order chi connectivity index (χ1) is 14.7. The van der Waals surface area contributed by atoms with Gasteiger partial charge in [-0.15, -0.1) is 22.7 Å². The number of amides is 1. The molecular formula is C24H24BrClN2OS2. The molecule has 1 aliphatic rings. The Morgan fingerprint density at radius 2 is 1.94 bits per heavy atom. The Labute approximate surface area is 204 Å².